The van der Waals surface area contributed by atoms with Gasteiger partial charge in [0.05, 0.1) is 13.7 Å². The Bertz CT molecular complexity index is 1410. The number of aryl methyl sites for hydroxylation is 2. The number of nitrogens with one attached hydrogen (secondary N) is 1. The van der Waals surface area contributed by atoms with Gasteiger partial charge in [0.2, 0.25) is 5.91 Å². The number of amides is 1. The number of methoxy groups -OCH3 is 1. The molecule has 3 aromatic carbocycles. The maximum absolute atomic E-state index is 12.6. The minimum absolute atomic E-state index is 0.298. The maximum Gasteiger partial charge on any atom is 0.249 e. The van der Waals surface area contributed by atoms with Crippen LogP contribution in [0.15, 0.2) is 72.8 Å². The minimum atomic E-state index is -0.298. The number of benzene rings is 3. The van der Waals surface area contributed by atoms with Gasteiger partial charge in [0, 0.05) is 39.0 Å². The molecule has 0 aliphatic rings. The van der Waals surface area contributed by atoms with Crippen molar-refractivity contribution in [2.24, 2.45) is 0 Å². The molecule has 0 fully saturated rings. The zero-order chi connectivity index (χ0) is 26.4. The molecule has 0 saturated heterocycles. The fourth-order valence-electron chi connectivity index (χ4n) is 3.71. The monoisotopic (exact) mass is 535 g/mol. The maximum atomic E-state index is 12.6. The minimum Gasteiger partial charge on any atom is -0.496 e. The summed E-state index contributed by atoms with van der Waals surface area (Å²) in [5.41, 5.74) is 4.52. The van der Waals surface area contributed by atoms with E-state index < -0.39 is 0 Å². The van der Waals surface area contributed by atoms with Crippen molar-refractivity contribution in [3.63, 3.8) is 0 Å². The van der Waals surface area contributed by atoms with Gasteiger partial charge in [-0.25, -0.2) is 0 Å². The summed E-state index contributed by atoms with van der Waals surface area (Å²) in [7, 11) is 1.62. The molecule has 0 aliphatic carbocycles. The number of halogens is 2. The van der Waals surface area contributed by atoms with Crippen molar-refractivity contribution < 1.29 is 14.3 Å². The van der Waals surface area contributed by atoms with Crippen LogP contribution < -0.4 is 14.8 Å². The number of hydrogen-bond acceptors (Lipinski definition) is 4. The van der Waals surface area contributed by atoms with Crippen LogP contribution in [-0.4, -0.2) is 22.8 Å². The number of anilines is 1. The van der Waals surface area contributed by atoms with Crippen molar-refractivity contribution in [1.29, 1.82) is 0 Å². The predicted octanol–water partition coefficient (Wildman–Crippen LogP) is 7.09. The Morgan fingerprint density at radius 1 is 1.03 bits per heavy atom. The quantitative estimate of drug-likeness (QED) is 0.232. The van der Waals surface area contributed by atoms with Gasteiger partial charge >= 0.3 is 0 Å². The second-order valence-electron chi connectivity index (χ2n) is 8.52. The summed E-state index contributed by atoms with van der Waals surface area (Å²) in [5.74, 6) is 1.64. The number of hydrogen-bond donors (Lipinski definition) is 1. The fraction of sp³-hybridized carbons (Fsp3) is 0.172. The summed E-state index contributed by atoms with van der Waals surface area (Å²) >= 11 is 12.6. The molecule has 1 N–H and O–H groups in total. The van der Waals surface area contributed by atoms with Gasteiger partial charge in [0.25, 0.3) is 0 Å². The highest BCUT2D eigenvalue weighted by molar-refractivity contribution is 6.36. The van der Waals surface area contributed by atoms with E-state index in [-0.39, 0.29) is 5.91 Å². The number of ether oxygens (including phenoxy) is 2. The van der Waals surface area contributed by atoms with Crippen molar-refractivity contribution in [3.8, 4) is 11.5 Å². The molecular formula is C29H27Cl2N3O3. The number of carbonyl (C=O) groups excluding carboxylic acids is 1. The van der Waals surface area contributed by atoms with Crippen molar-refractivity contribution >= 4 is 41.0 Å². The SMILES string of the molecule is COc1ccc(/C=C/C(=O)Nc2cc(C)n(Cc3c(Cl)cccc3Cl)n2)cc1COc1ccc(C)cc1. The molecule has 0 saturated carbocycles. The molecule has 4 aromatic rings. The third kappa shape index (κ3) is 6.94. The van der Waals surface area contributed by atoms with Gasteiger partial charge in [-0.15, -0.1) is 0 Å². The molecule has 0 aliphatic heterocycles. The van der Waals surface area contributed by atoms with Crippen LogP contribution in [0, 0.1) is 13.8 Å². The largest absolute Gasteiger partial charge is 0.496 e. The molecule has 6 nitrogen and oxygen atoms in total. The van der Waals surface area contributed by atoms with Crippen LogP contribution in [0.3, 0.4) is 0 Å². The third-order valence-corrected chi connectivity index (χ3v) is 6.46. The Morgan fingerprint density at radius 2 is 1.76 bits per heavy atom. The molecule has 1 aromatic heterocycles. The van der Waals surface area contributed by atoms with Crippen LogP contribution in [0.2, 0.25) is 10.0 Å². The molecule has 0 radical (unpaired) electrons. The first-order valence-corrected chi connectivity index (χ1v) is 12.4. The predicted molar refractivity (Wildman–Crippen MR) is 149 cm³/mol. The number of carbonyl (C=O) groups is 1. The first-order valence-electron chi connectivity index (χ1n) is 11.6. The lowest BCUT2D eigenvalue weighted by Gasteiger charge is -2.11. The van der Waals surface area contributed by atoms with Crippen molar-refractivity contribution in [3.05, 3.63) is 111 Å². The van der Waals surface area contributed by atoms with Gasteiger partial charge in [-0.2, -0.15) is 5.10 Å². The van der Waals surface area contributed by atoms with Gasteiger partial charge in [-0.1, -0.05) is 53.0 Å². The van der Waals surface area contributed by atoms with E-state index in [1.807, 2.05) is 56.3 Å². The van der Waals surface area contributed by atoms with E-state index >= 15 is 0 Å². The summed E-state index contributed by atoms with van der Waals surface area (Å²) in [6.45, 7) is 4.67. The van der Waals surface area contributed by atoms with E-state index in [0.29, 0.717) is 34.8 Å². The lowest BCUT2D eigenvalue weighted by Crippen LogP contribution is -2.10. The number of nitrogens with zero attached hydrogens (tertiary/aromatic N) is 2. The van der Waals surface area contributed by atoms with Crippen LogP contribution in [0.4, 0.5) is 5.82 Å². The van der Waals surface area contributed by atoms with Crippen LogP contribution in [0.5, 0.6) is 11.5 Å². The summed E-state index contributed by atoms with van der Waals surface area (Å²) < 4.78 is 13.1. The molecule has 37 heavy (non-hydrogen) atoms. The van der Waals surface area contributed by atoms with Gasteiger partial charge in [-0.3, -0.25) is 9.48 Å². The van der Waals surface area contributed by atoms with E-state index in [1.165, 1.54) is 11.6 Å². The average Bonchev–Trinajstić information content (AvgIpc) is 3.22. The Kier molecular flexibility index (Phi) is 8.54. The molecule has 0 spiro atoms. The molecule has 0 atom stereocenters. The van der Waals surface area contributed by atoms with Crippen LogP contribution in [0.25, 0.3) is 6.08 Å². The van der Waals surface area contributed by atoms with E-state index in [2.05, 4.69) is 10.4 Å². The van der Waals surface area contributed by atoms with Gasteiger partial charge < -0.3 is 14.8 Å². The third-order valence-electron chi connectivity index (χ3n) is 5.75. The fourth-order valence-corrected chi connectivity index (χ4v) is 4.23. The van der Waals surface area contributed by atoms with E-state index in [9.17, 15) is 4.79 Å². The number of aromatic nitrogens is 2. The highest BCUT2D eigenvalue weighted by Gasteiger charge is 2.11. The summed E-state index contributed by atoms with van der Waals surface area (Å²) in [4.78, 5) is 12.6. The first-order chi connectivity index (χ1) is 17.8. The van der Waals surface area contributed by atoms with Gasteiger partial charge in [-0.05, 0) is 61.9 Å². The molecule has 1 heterocycles. The average molecular weight is 536 g/mol. The topological polar surface area (TPSA) is 65.4 Å². The van der Waals surface area contributed by atoms with Crippen molar-refractivity contribution in [2.75, 3.05) is 12.4 Å². The second-order valence-corrected chi connectivity index (χ2v) is 9.34. The van der Waals surface area contributed by atoms with Crippen molar-refractivity contribution in [2.45, 2.75) is 27.0 Å². The standard InChI is InChI=1S/C29H27Cl2N3O3/c1-19-7-11-23(12-8-19)37-18-22-16-21(9-13-27(22)36-3)10-14-29(35)32-28-15-20(2)34(33-28)17-24-25(30)5-4-6-26(24)31/h4-16H,17-18H2,1-3H3,(H,32,33,35)/b14-10+. The van der Waals surface area contributed by atoms with Crippen molar-refractivity contribution in [1.82, 2.24) is 9.78 Å². The van der Waals surface area contributed by atoms with Gasteiger partial charge in [0.15, 0.2) is 5.82 Å². The van der Waals surface area contributed by atoms with Crippen LogP contribution >= 0.6 is 23.2 Å². The zero-order valence-corrected chi connectivity index (χ0v) is 22.3. The molecule has 0 unspecified atom stereocenters. The summed E-state index contributed by atoms with van der Waals surface area (Å²) in [6, 6.07) is 20.7. The highest BCUT2D eigenvalue weighted by atomic mass is 35.5. The lowest BCUT2D eigenvalue weighted by atomic mass is 10.1. The molecule has 190 valence electrons. The Labute approximate surface area is 226 Å². The number of rotatable bonds is 9. The highest BCUT2D eigenvalue weighted by Crippen LogP contribution is 2.26. The normalized spacial score (nSPS) is 11.1. The molecule has 4 rings (SSSR count). The Morgan fingerprint density at radius 3 is 2.46 bits per heavy atom. The van der Waals surface area contributed by atoms with E-state index in [0.717, 1.165) is 28.1 Å². The lowest BCUT2D eigenvalue weighted by molar-refractivity contribution is -0.111. The van der Waals surface area contributed by atoms with E-state index in [1.54, 1.807) is 42.1 Å². The van der Waals surface area contributed by atoms with Crippen LogP contribution in [0.1, 0.15) is 27.9 Å². The smallest absolute Gasteiger partial charge is 0.249 e. The molecule has 1 amide bonds. The first kappa shape index (κ1) is 26.3. The van der Waals surface area contributed by atoms with Gasteiger partial charge in [0.1, 0.15) is 18.1 Å². The molecule has 0 bridgehead atoms. The summed E-state index contributed by atoms with van der Waals surface area (Å²) in [6.07, 6.45) is 3.20. The molecular weight excluding hydrogens is 509 g/mol. The zero-order valence-electron chi connectivity index (χ0n) is 20.8. The second kappa shape index (κ2) is 12.0. The molecule has 8 heteroatoms. The Hall–Kier alpha value is -3.74. The van der Waals surface area contributed by atoms with Crippen LogP contribution in [-0.2, 0) is 17.9 Å². The Balaban J connectivity index is 1.41. The van der Waals surface area contributed by atoms with E-state index in [4.69, 9.17) is 32.7 Å². The summed E-state index contributed by atoms with van der Waals surface area (Å²) in [5, 5.41) is 8.42.